The van der Waals surface area contributed by atoms with E-state index in [1.165, 1.54) is 13.2 Å². The SMILES string of the molecule is COc1cc(C2(C(O)C(=O)O)CC2)on1. The number of ether oxygens (including phenoxy) is 1. The van der Waals surface area contributed by atoms with Crippen molar-refractivity contribution in [2.45, 2.75) is 24.4 Å². The van der Waals surface area contributed by atoms with E-state index in [4.69, 9.17) is 14.4 Å². The number of methoxy groups -OCH3 is 1. The zero-order valence-corrected chi connectivity index (χ0v) is 8.14. The van der Waals surface area contributed by atoms with Gasteiger partial charge in [-0.1, -0.05) is 0 Å². The lowest BCUT2D eigenvalue weighted by molar-refractivity contribution is -0.148. The molecule has 2 rings (SSSR count). The van der Waals surface area contributed by atoms with Crippen LogP contribution < -0.4 is 4.74 Å². The number of carboxylic acid groups (broad SMARTS) is 1. The summed E-state index contributed by atoms with van der Waals surface area (Å²) >= 11 is 0. The Balaban J connectivity index is 2.26. The van der Waals surface area contributed by atoms with Crippen molar-refractivity contribution in [2.75, 3.05) is 7.11 Å². The molecule has 2 N–H and O–H groups in total. The number of nitrogens with zero attached hydrogens (tertiary/aromatic N) is 1. The molecule has 15 heavy (non-hydrogen) atoms. The van der Waals surface area contributed by atoms with Crippen molar-refractivity contribution >= 4 is 5.97 Å². The highest BCUT2D eigenvalue weighted by Gasteiger charge is 2.56. The van der Waals surface area contributed by atoms with Crippen LogP contribution in [-0.2, 0) is 10.2 Å². The topological polar surface area (TPSA) is 92.8 Å². The minimum absolute atomic E-state index is 0.286. The Morgan fingerprint density at radius 2 is 2.40 bits per heavy atom. The Kier molecular flexibility index (Phi) is 2.15. The maximum absolute atomic E-state index is 10.7. The van der Waals surface area contributed by atoms with Crippen LogP contribution in [0.25, 0.3) is 0 Å². The van der Waals surface area contributed by atoms with Crippen molar-refractivity contribution in [3.63, 3.8) is 0 Å². The average Bonchev–Trinajstić information content (AvgIpc) is 2.88. The molecule has 0 saturated heterocycles. The molecule has 0 amide bonds. The third kappa shape index (κ3) is 1.46. The number of rotatable bonds is 4. The fraction of sp³-hybridized carbons (Fsp3) is 0.556. The maximum Gasteiger partial charge on any atom is 0.333 e. The second kappa shape index (κ2) is 3.23. The lowest BCUT2D eigenvalue weighted by atomic mass is 9.96. The fourth-order valence-corrected chi connectivity index (χ4v) is 1.62. The molecule has 0 bridgehead atoms. The van der Waals surface area contributed by atoms with Crippen molar-refractivity contribution < 1.29 is 24.3 Å². The third-order valence-corrected chi connectivity index (χ3v) is 2.73. The highest BCUT2D eigenvalue weighted by atomic mass is 16.5. The molecule has 82 valence electrons. The van der Waals surface area contributed by atoms with Crippen LogP contribution in [0.2, 0.25) is 0 Å². The van der Waals surface area contributed by atoms with E-state index in [-0.39, 0.29) is 5.88 Å². The van der Waals surface area contributed by atoms with Crippen molar-refractivity contribution in [1.82, 2.24) is 5.16 Å². The van der Waals surface area contributed by atoms with Gasteiger partial charge in [0.2, 0.25) is 0 Å². The Bertz CT molecular complexity index is 382. The van der Waals surface area contributed by atoms with Crippen molar-refractivity contribution in [1.29, 1.82) is 0 Å². The summed E-state index contributed by atoms with van der Waals surface area (Å²) in [6.45, 7) is 0. The Morgan fingerprint density at radius 3 is 2.80 bits per heavy atom. The van der Waals surface area contributed by atoms with Crippen LogP contribution in [0.4, 0.5) is 0 Å². The molecule has 1 saturated carbocycles. The van der Waals surface area contributed by atoms with Crippen LogP contribution in [0.5, 0.6) is 5.88 Å². The summed E-state index contributed by atoms with van der Waals surface area (Å²) in [7, 11) is 1.44. The van der Waals surface area contributed by atoms with Crippen molar-refractivity contribution in [3.8, 4) is 5.88 Å². The van der Waals surface area contributed by atoms with Crippen LogP contribution >= 0.6 is 0 Å². The van der Waals surface area contributed by atoms with Crippen LogP contribution in [0.3, 0.4) is 0 Å². The van der Waals surface area contributed by atoms with Gasteiger partial charge in [-0.3, -0.25) is 0 Å². The monoisotopic (exact) mass is 213 g/mol. The summed E-state index contributed by atoms with van der Waals surface area (Å²) < 4.78 is 9.78. The molecule has 0 aliphatic heterocycles. The van der Waals surface area contributed by atoms with Gasteiger partial charge in [0, 0.05) is 6.07 Å². The molecular formula is C9H11NO5. The predicted octanol–water partition coefficient (Wildman–Crippen LogP) is 0.160. The number of aliphatic hydroxyl groups excluding tert-OH is 1. The van der Waals surface area contributed by atoms with Gasteiger partial charge in [0.15, 0.2) is 6.10 Å². The van der Waals surface area contributed by atoms with Gasteiger partial charge in [0.25, 0.3) is 5.88 Å². The third-order valence-electron chi connectivity index (χ3n) is 2.73. The normalized spacial score (nSPS) is 19.6. The Hall–Kier alpha value is -1.56. The second-order valence-corrected chi connectivity index (χ2v) is 3.63. The lowest BCUT2D eigenvalue weighted by Crippen LogP contribution is -2.33. The van der Waals surface area contributed by atoms with Gasteiger partial charge in [0.05, 0.1) is 12.5 Å². The van der Waals surface area contributed by atoms with Crippen molar-refractivity contribution in [3.05, 3.63) is 11.8 Å². The summed E-state index contributed by atoms with van der Waals surface area (Å²) in [6.07, 6.45) is -0.285. The van der Waals surface area contributed by atoms with Gasteiger partial charge >= 0.3 is 5.97 Å². The zero-order chi connectivity index (χ0) is 11.1. The van der Waals surface area contributed by atoms with E-state index >= 15 is 0 Å². The van der Waals surface area contributed by atoms with Crippen LogP contribution in [-0.4, -0.2) is 34.6 Å². The van der Waals surface area contributed by atoms with Crippen LogP contribution in [0.1, 0.15) is 18.6 Å². The molecule has 1 aliphatic carbocycles. The number of aliphatic hydroxyl groups is 1. The first-order valence-corrected chi connectivity index (χ1v) is 4.52. The number of hydrogen-bond acceptors (Lipinski definition) is 5. The quantitative estimate of drug-likeness (QED) is 0.740. The highest BCUT2D eigenvalue weighted by Crippen LogP contribution is 2.51. The first-order valence-electron chi connectivity index (χ1n) is 4.52. The van der Waals surface area contributed by atoms with Gasteiger partial charge < -0.3 is 19.5 Å². The first-order chi connectivity index (χ1) is 7.10. The molecule has 1 aliphatic rings. The molecule has 0 aromatic carbocycles. The highest BCUT2D eigenvalue weighted by molar-refractivity contribution is 5.75. The fourth-order valence-electron chi connectivity index (χ4n) is 1.62. The second-order valence-electron chi connectivity index (χ2n) is 3.63. The zero-order valence-electron chi connectivity index (χ0n) is 8.14. The number of hydrogen-bond donors (Lipinski definition) is 2. The van der Waals surface area contributed by atoms with E-state index in [9.17, 15) is 9.90 Å². The minimum Gasteiger partial charge on any atom is -0.479 e. The molecule has 6 nitrogen and oxygen atoms in total. The molecule has 6 heteroatoms. The van der Waals surface area contributed by atoms with E-state index in [2.05, 4.69) is 5.16 Å². The number of aliphatic carboxylic acids is 1. The maximum atomic E-state index is 10.7. The van der Waals surface area contributed by atoms with Gasteiger partial charge in [-0.15, -0.1) is 0 Å². The molecule has 1 atom stereocenters. The Morgan fingerprint density at radius 1 is 1.73 bits per heavy atom. The number of carbonyl (C=O) groups is 1. The molecule has 1 aromatic heterocycles. The standard InChI is InChI=1S/C9H11NO5/c1-14-6-4-5(15-10-6)9(2-3-9)7(11)8(12)13/h4,7,11H,2-3H2,1H3,(H,12,13). The minimum atomic E-state index is -1.45. The summed E-state index contributed by atoms with van der Waals surface area (Å²) in [5, 5.41) is 21.8. The molecule has 1 heterocycles. The molecule has 1 aromatic rings. The van der Waals surface area contributed by atoms with Gasteiger partial charge in [-0.2, -0.15) is 0 Å². The summed E-state index contributed by atoms with van der Waals surface area (Å²) in [5.41, 5.74) is -0.810. The molecular weight excluding hydrogens is 202 g/mol. The Labute approximate surface area is 85.4 Å². The van der Waals surface area contributed by atoms with Gasteiger partial charge in [-0.25, -0.2) is 4.79 Å². The van der Waals surface area contributed by atoms with E-state index in [0.29, 0.717) is 18.6 Å². The number of aromatic nitrogens is 1. The number of carboxylic acids is 1. The molecule has 0 radical (unpaired) electrons. The van der Waals surface area contributed by atoms with Crippen LogP contribution in [0, 0.1) is 0 Å². The van der Waals surface area contributed by atoms with Crippen LogP contribution in [0.15, 0.2) is 10.6 Å². The smallest absolute Gasteiger partial charge is 0.333 e. The lowest BCUT2D eigenvalue weighted by Gasteiger charge is -2.14. The molecule has 1 fully saturated rings. The summed E-state index contributed by atoms with van der Waals surface area (Å²) in [5.74, 6) is -0.592. The van der Waals surface area contributed by atoms with Crippen molar-refractivity contribution in [2.24, 2.45) is 0 Å². The van der Waals surface area contributed by atoms with Gasteiger partial charge in [-0.05, 0) is 18.0 Å². The van der Waals surface area contributed by atoms with Gasteiger partial charge in [0.1, 0.15) is 5.76 Å². The molecule has 1 unspecified atom stereocenters. The summed E-state index contributed by atoms with van der Waals surface area (Å²) in [6, 6.07) is 1.51. The van der Waals surface area contributed by atoms with E-state index in [1.807, 2.05) is 0 Å². The average molecular weight is 213 g/mol. The van der Waals surface area contributed by atoms with E-state index in [1.54, 1.807) is 0 Å². The summed E-state index contributed by atoms with van der Waals surface area (Å²) in [4.78, 5) is 10.7. The molecule has 0 spiro atoms. The largest absolute Gasteiger partial charge is 0.479 e. The van der Waals surface area contributed by atoms with E-state index < -0.39 is 17.5 Å². The predicted molar refractivity (Wildman–Crippen MR) is 47.6 cm³/mol. The van der Waals surface area contributed by atoms with E-state index in [0.717, 1.165) is 0 Å². The first kappa shape index (κ1) is 9.97.